The van der Waals surface area contributed by atoms with Gasteiger partial charge in [0.15, 0.2) is 0 Å². The molecule has 4 nitrogen and oxygen atoms in total. The molecule has 1 aliphatic rings. The van der Waals surface area contributed by atoms with Crippen LogP contribution < -0.4 is 21.7 Å². The summed E-state index contributed by atoms with van der Waals surface area (Å²) in [6.07, 6.45) is 0. The Kier molecular flexibility index (Phi) is 1.38. The van der Waals surface area contributed by atoms with Crippen LogP contribution in [0.3, 0.4) is 0 Å². The summed E-state index contributed by atoms with van der Waals surface area (Å²) in [6, 6.07) is 3.89. The number of hydrazine groups is 2. The Morgan fingerprint density at radius 2 is 2.17 bits per heavy atom. The van der Waals surface area contributed by atoms with Gasteiger partial charge in [-0.15, -0.1) is 5.53 Å². The van der Waals surface area contributed by atoms with Gasteiger partial charge in [0.25, 0.3) is 0 Å². The summed E-state index contributed by atoms with van der Waals surface area (Å²) in [7, 11) is 1.94. The smallest absolute Gasteiger partial charge is 0.0802 e. The van der Waals surface area contributed by atoms with Gasteiger partial charge in [-0.1, -0.05) is 0 Å². The number of anilines is 3. The molecule has 12 heavy (non-hydrogen) atoms. The Hall–Kier alpha value is -1.42. The van der Waals surface area contributed by atoms with Crippen LogP contribution >= 0.6 is 0 Å². The molecule has 1 aliphatic heterocycles. The largest absolute Gasteiger partial charge is 0.399 e. The average molecular weight is 164 g/mol. The van der Waals surface area contributed by atoms with Crippen LogP contribution in [-0.4, -0.2) is 7.05 Å². The highest BCUT2D eigenvalue weighted by atomic mass is 15.7. The number of fused-ring (bicyclic) bond motifs is 1. The summed E-state index contributed by atoms with van der Waals surface area (Å²) in [4.78, 5) is 0. The highest BCUT2D eigenvalue weighted by molar-refractivity contribution is 5.79. The lowest BCUT2D eigenvalue weighted by Crippen LogP contribution is -2.31. The van der Waals surface area contributed by atoms with Gasteiger partial charge in [0.05, 0.1) is 11.4 Å². The lowest BCUT2D eigenvalue weighted by Gasteiger charge is -2.10. The van der Waals surface area contributed by atoms with Crippen molar-refractivity contribution in [3.05, 3.63) is 17.7 Å². The number of nitrogens with two attached hydrogens (primary N) is 1. The van der Waals surface area contributed by atoms with Crippen LogP contribution in [0.25, 0.3) is 0 Å². The molecule has 0 aromatic heterocycles. The number of rotatable bonds is 0. The zero-order valence-electron chi connectivity index (χ0n) is 7.18. The fourth-order valence-corrected chi connectivity index (χ4v) is 1.42. The van der Waals surface area contributed by atoms with E-state index in [1.807, 2.05) is 31.1 Å². The summed E-state index contributed by atoms with van der Waals surface area (Å²) in [5.74, 6) is 0. The van der Waals surface area contributed by atoms with Gasteiger partial charge in [0.1, 0.15) is 0 Å². The Balaban J connectivity index is 2.60. The van der Waals surface area contributed by atoms with Crippen molar-refractivity contribution in [2.24, 2.45) is 0 Å². The third-order valence-electron chi connectivity index (χ3n) is 2.05. The lowest BCUT2D eigenvalue weighted by molar-refractivity contribution is 0.820. The van der Waals surface area contributed by atoms with E-state index in [0.29, 0.717) is 0 Å². The van der Waals surface area contributed by atoms with Crippen molar-refractivity contribution in [2.75, 3.05) is 23.2 Å². The molecule has 4 heteroatoms. The predicted molar refractivity (Wildman–Crippen MR) is 50.8 cm³/mol. The fourth-order valence-electron chi connectivity index (χ4n) is 1.42. The molecule has 4 N–H and O–H groups in total. The van der Waals surface area contributed by atoms with Crippen LogP contribution in [0.15, 0.2) is 12.1 Å². The number of nitrogens with zero attached hydrogens (tertiary/aromatic N) is 1. The van der Waals surface area contributed by atoms with Gasteiger partial charge in [-0.25, -0.2) is 0 Å². The molecule has 64 valence electrons. The molecule has 0 bridgehead atoms. The zero-order chi connectivity index (χ0) is 8.72. The highest BCUT2D eigenvalue weighted by Gasteiger charge is 2.16. The van der Waals surface area contributed by atoms with E-state index < -0.39 is 0 Å². The van der Waals surface area contributed by atoms with Crippen molar-refractivity contribution in [1.29, 1.82) is 0 Å². The first-order valence-electron chi connectivity index (χ1n) is 3.84. The number of hydrogen-bond acceptors (Lipinski definition) is 4. The van der Waals surface area contributed by atoms with Gasteiger partial charge in [-0.05, 0) is 24.6 Å². The molecular weight excluding hydrogens is 152 g/mol. The normalized spacial score (nSPS) is 14.3. The maximum atomic E-state index is 5.71. The lowest BCUT2D eigenvalue weighted by atomic mass is 10.1. The van der Waals surface area contributed by atoms with Gasteiger partial charge in [-0.2, -0.15) is 0 Å². The number of nitrogen functional groups attached to an aromatic ring is 1. The maximum absolute atomic E-state index is 5.71. The molecular formula is C8H12N4. The van der Waals surface area contributed by atoms with Crippen LogP contribution in [0.4, 0.5) is 17.1 Å². The number of hydrogen-bond donors (Lipinski definition) is 3. The Morgan fingerprint density at radius 3 is 2.92 bits per heavy atom. The van der Waals surface area contributed by atoms with Crippen molar-refractivity contribution in [3.8, 4) is 0 Å². The second kappa shape index (κ2) is 2.28. The van der Waals surface area contributed by atoms with Crippen molar-refractivity contribution >= 4 is 17.1 Å². The van der Waals surface area contributed by atoms with Crippen LogP contribution in [-0.2, 0) is 0 Å². The molecule has 0 unspecified atom stereocenters. The van der Waals surface area contributed by atoms with Crippen molar-refractivity contribution in [3.63, 3.8) is 0 Å². The summed E-state index contributed by atoms with van der Waals surface area (Å²) in [5.41, 5.74) is 15.9. The first kappa shape index (κ1) is 7.24. The molecule has 0 radical (unpaired) electrons. The van der Waals surface area contributed by atoms with Crippen molar-refractivity contribution < 1.29 is 0 Å². The molecule has 0 atom stereocenters. The van der Waals surface area contributed by atoms with E-state index in [4.69, 9.17) is 5.73 Å². The summed E-state index contributed by atoms with van der Waals surface area (Å²) < 4.78 is 0. The van der Waals surface area contributed by atoms with Gasteiger partial charge >= 0.3 is 0 Å². The summed E-state index contributed by atoms with van der Waals surface area (Å²) >= 11 is 0. The van der Waals surface area contributed by atoms with Gasteiger partial charge < -0.3 is 11.2 Å². The minimum Gasteiger partial charge on any atom is -0.399 e. The number of benzene rings is 1. The molecule has 0 amide bonds. The van der Waals surface area contributed by atoms with Gasteiger partial charge in [-0.3, -0.25) is 5.01 Å². The third-order valence-corrected chi connectivity index (χ3v) is 2.05. The maximum Gasteiger partial charge on any atom is 0.0802 e. The van der Waals surface area contributed by atoms with Crippen molar-refractivity contribution in [2.45, 2.75) is 6.92 Å². The second-order valence-corrected chi connectivity index (χ2v) is 3.03. The molecule has 1 aromatic carbocycles. The average Bonchev–Trinajstić information content (AvgIpc) is 2.33. The van der Waals surface area contributed by atoms with E-state index in [1.165, 1.54) is 0 Å². The Bertz CT molecular complexity index is 321. The van der Waals surface area contributed by atoms with E-state index in [0.717, 1.165) is 22.6 Å². The Morgan fingerprint density at radius 1 is 1.42 bits per heavy atom. The quantitative estimate of drug-likeness (QED) is 0.498. The topological polar surface area (TPSA) is 53.3 Å². The van der Waals surface area contributed by atoms with Crippen LogP contribution in [0.1, 0.15) is 5.56 Å². The third kappa shape index (κ3) is 0.887. The molecule has 1 aromatic rings. The molecule has 0 fully saturated rings. The fraction of sp³-hybridized carbons (Fsp3) is 0.250. The molecule has 0 spiro atoms. The second-order valence-electron chi connectivity index (χ2n) is 3.03. The molecule has 2 rings (SSSR count). The molecule has 0 saturated heterocycles. The Labute approximate surface area is 71.3 Å². The monoisotopic (exact) mass is 164 g/mol. The highest BCUT2D eigenvalue weighted by Crippen LogP contribution is 2.33. The minimum atomic E-state index is 0.795. The van der Waals surface area contributed by atoms with E-state index in [9.17, 15) is 0 Å². The first-order chi connectivity index (χ1) is 5.68. The van der Waals surface area contributed by atoms with Crippen LogP contribution in [0.2, 0.25) is 0 Å². The number of nitrogens with one attached hydrogen (secondary N) is 2. The molecule has 1 heterocycles. The van der Waals surface area contributed by atoms with Crippen LogP contribution in [0, 0.1) is 6.92 Å². The first-order valence-corrected chi connectivity index (χ1v) is 3.84. The van der Waals surface area contributed by atoms with Gasteiger partial charge in [0.2, 0.25) is 0 Å². The minimum absolute atomic E-state index is 0.795. The SMILES string of the molecule is Cc1cc(N)cc2c1NNN2C. The standard InChI is InChI=1S/C8H12N4/c1-5-3-6(9)4-7-8(5)10-11-12(7)2/h3-4,10-11H,9H2,1-2H3. The van der Waals surface area contributed by atoms with Gasteiger partial charge in [0, 0.05) is 12.7 Å². The van der Waals surface area contributed by atoms with E-state index >= 15 is 0 Å². The van der Waals surface area contributed by atoms with Crippen molar-refractivity contribution in [1.82, 2.24) is 5.53 Å². The van der Waals surface area contributed by atoms with E-state index in [2.05, 4.69) is 11.0 Å². The van der Waals surface area contributed by atoms with Crippen LogP contribution in [0.5, 0.6) is 0 Å². The predicted octanol–water partition coefficient (Wildman–Crippen LogP) is 0.859. The van der Waals surface area contributed by atoms with E-state index in [1.54, 1.807) is 0 Å². The number of aryl methyl sites for hydroxylation is 1. The summed E-state index contributed by atoms with van der Waals surface area (Å²) in [5, 5.41) is 1.90. The molecule has 0 saturated carbocycles. The molecule has 0 aliphatic carbocycles. The zero-order valence-corrected chi connectivity index (χ0v) is 7.18. The summed E-state index contributed by atoms with van der Waals surface area (Å²) in [6.45, 7) is 2.03. The van der Waals surface area contributed by atoms with E-state index in [-0.39, 0.29) is 0 Å².